The van der Waals surface area contributed by atoms with Crippen molar-refractivity contribution in [2.24, 2.45) is 5.41 Å². The van der Waals surface area contributed by atoms with Crippen molar-refractivity contribution in [3.8, 4) is 0 Å². The van der Waals surface area contributed by atoms with Gasteiger partial charge in [-0.25, -0.2) is 0 Å². The maximum atomic E-state index is 12.5. The monoisotopic (exact) mass is 387 g/mol. The van der Waals surface area contributed by atoms with Gasteiger partial charge in [-0.3, -0.25) is 14.4 Å². The van der Waals surface area contributed by atoms with Gasteiger partial charge in [0.2, 0.25) is 17.7 Å². The van der Waals surface area contributed by atoms with E-state index >= 15 is 0 Å². The molecule has 27 heavy (non-hydrogen) atoms. The van der Waals surface area contributed by atoms with Gasteiger partial charge in [-0.05, 0) is 55.8 Å². The van der Waals surface area contributed by atoms with Gasteiger partial charge in [0.05, 0.1) is 0 Å². The second kappa shape index (κ2) is 8.68. The van der Waals surface area contributed by atoms with Crippen LogP contribution in [0.3, 0.4) is 0 Å². The molecule has 0 aliphatic heterocycles. The van der Waals surface area contributed by atoms with Crippen LogP contribution in [0.2, 0.25) is 5.02 Å². The predicted octanol–water partition coefficient (Wildman–Crippen LogP) is 3.58. The SMILES string of the molecule is CC(=O)Nc1ccc(NC(=O)C(C)(C)C(=O)NCc2ccc(Cl)cc2)cc1. The van der Waals surface area contributed by atoms with E-state index in [1.54, 1.807) is 50.2 Å². The summed E-state index contributed by atoms with van der Waals surface area (Å²) in [6.45, 7) is 4.84. The molecule has 0 fully saturated rings. The lowest BCUT2D eigenvalue weighted by molar-refractivity contribution is -0.138. The lowest BCUT2D eigenvalue weighted by Crippen LogP contribution is -2.44. The maximum absolute atomic E-state index is 12.5. The Bertz CT molecular complexity index is 831. The average molecular weight is 388 g/mol. The third kappa shape index (κ3) is 5.82. The van der Waals surface area contributed by atoms with Gasteiger partial charge in [-0.15, -0.1) is 0 Å². The molecule has 0 saturated heterocycles. The quantitative estimate of drug-likeness (QED) is 0.662. The molecule has 142 valence electrons. The Hall–Kier alpha value is -2.86. The van der Waals surface area contributed by atoms with Gasteiger partial charge in [0.25, 0.3) is 0 Å². The lowest BCUT2D eigenvalue weighted by Gasteiger charge is -2.23. The van der Waals surface area contributed by atoms with E-state index in [0.29, 0.717) is 22.9 Å². The van der Waals surface area contributed by atoms with E-state index in [1.165, 1.54) is 6.92 Å². The Morgan fingerprint density at radius 3 is 1.89 bits per heavy atom. The Labute approximate surface area is 163 Å². The van der Waals surface area contributed by atoms with Gasteiger partial charge >= 0.3 is 0 Å². The zero-order valence-corrected chi connectivity index (χ0v) is 16.2. The maximum Gasteiger partial charge on any atom is 0.239 e. The number of halogens is 1. The summed E-state index contributed by atoms with van der Waals surface area (Å²) in [4.78, 5) is 36.0. The zero-order valence-electron chi connectivity index (χ0n) is 15.4. The third-order valence-corrected chi connectivity index (χ3v) is 4.22. The van der Waals surface area contributed by atoms with Crippen molar-refractivity contribution in [1.82, 2.24) is 5.32 Å². The topological polar surface area (TPSA) is 87.3 Å². The summed E-state index contributed by atoms with van der Waals surface area (Å²) in [6.07, 6.45) is 0. The minimum Gasteiger partial charge on any atom is -0.351 e. The number of anilines is 2. The summed E-state index contributed by atoms with van der Waals surface area (Å²) in [5.74, 6) is -0.988. The largest absolute Gasteiger partial charge is 0.351 e. The first-order valence-corrected chi connectivity index (χ1v) is 8.78. The molecule has 0 saturated carbocycles. The molecule has 0 unspecified atom stereocenters. The number of rotatable bonds is 6. The molecule has 2 aromatic rings. The molecule has 0 aromatic heterocycles. The van der Waals surface area contributed by atoms with Crippen LogP contribution in [-0.2, 0) is 20.9 Å². The Morgan fingerprint density at radius 1 is 0.852 bits per heavy atom. The molecule has 3 amide bonds. The number of nitrogens with one attached hydrogen (secondary N) is 3. The van der Waals surface area contributed by atoms with Gasteiger partial charge in [-0.1, -0.05) is 23.7 Å². The van der Waals surface area contributed by atoms with E-state index in [9.17, 15) is 14.4 Å². The molecular weight excluding hydrogens is 366 g/mol. The van der Waals surface area contributed by atoms with Crippen LogP contribution in [0.15, 0.2) is 48.5 Å². The van der Waals surface area contributed by atoms with E-state index in [1.807, 2.05) is 12.1 Å². The average Bonchev–Trinajstić information content (AvgIpc) is 2.62. The minimum absolute atomic E-state index is 0.176. The first kappa shape index (κ1) is 20.5. The fraction of sp³-hybridized carbons (Fsp3) is 0.250. The molecule has 2 rings (SSSR count). The van der Waals surface area contributed by atoms with Crippen molar-refractivity contribution in [3.63, 3.8) is 0 Å². The molecule has 0 radical (unpaired) electrons. The molecule has 2 aromatic carbocycles. The number of carbonyl (C=O) groups excluding carboxylic acids is 3. The van der Waals surface area contributed by atoms with E-state index < -0.39 is 11.3 Å². The van der Waals surface area contributed by atoms with Crippen LogP contribution in [0.1, 0.15) is 26.3 Å². The highest BCUT2D eigenvalue weighted by Crippen LogP contribution is 2.21. The van der Waals surface area contributed by atoms with Crippen LogP contribution in [0.5, 0.6) is 0 Å². The molecular formula is C20H22ClN3O3. The first-order chi connectivity index (χ1) is 12.7. The van der Waals surface area contributed by atoms with Crippen LogP contribution >= 0.6 is 11.6 Å². The van der Waals surface area contributed by atoms with E-state index in [2.05, 4.69) is 16.0 Å². The van der Waals surface area contributed by atoms with E-state index in [4.69, 9.17) is 11.6 Å². The second-order valence-electron chi connectivity index (χ2n) is 6.65. The van der Waals surface area contributed by atoms with Crippen molar-refractivity contribution in [2.45, 2.75) is 27.3 Å². The van der Waals surface area contributed by atoms with Crippen LogP contribution in [-0.4, -0.2) is 17.7 Å². The van der Waals surface area contributed by atoms with Gasteiger partial charge in [-0.2, -0.15) is 0 Å². The molecule has 0 aliphatic carbocycles. The first-order valence-electron chi connectivity index (χ1n) is 8.40. The van der Waals surface area contributed by atoms with E-state index in [-0.39, 0.29) is 11.8 Å². The molecule has 3 N–H and O–H groups in total. The molecule has 7 heteroatoms. The van der Waals surface area contributed by atoms with Crippen molar-refractivity contribution in [3.05, 3.63) is 59.1 Å². The lowest BCUT2D eigenvalue weighted by atomic mass is 9.90. The normalized spacial score (nSPS) is 10.8. The zero-order chi connectivity index (χ0) is 20.0. The highest BCUT2D eigenvalue weighted by molar-refractivity contribution is 6.30. The molecule has 6 nitrogen and oxygen atoms in total. The number of hydrogen-bond donors (Lipinski definition) is 3. The van der Waals surface area contributed by atoms with Crippen LogP contribution in [0.25, 0.3) is 0 Å². The summed E-state index contributed by atoms with van der Waals surface area (Å²) >= 11 is 5.84. The van der Waals surface area contributed by atoms with E-state index in [0.717, 1.165) is 5.56 Å². The smallest absolute Gasteiger partial charge is 0.239 e. The van der Waals surface area contributed by atoms with Gasteiger partial charge in [0.15, 0.2) is 0 Å². The highest BCUT2D eigenvalue weighted by atomic mass is 35.5. The van der Waals surface area contributed by atoms with Crippen molar-refractivity contribution in [2.75, 3.05) is 10.6 Å². The van der Waals surface area contributed by atoms with Crippen LogP contribution < -0.4 is 16.0 Å². The molecule has 0 aliphatic rings. The second-order valence-corrected chi connectivity index (χ2v) is 7.08. The number of benzene rings is 2. The van der Waals surface area contributed by atoms with Gasteiger partial charge < -0.3 is 16.0 Å². The predicted molar refractivity (Wildman–Crippen MR) is 106 cm³/mol. The summed E-state index contributed by atoms with van der Waals surface area (Å²) in [6, 6.07) is 13.8. The van der Waals surface area contributed by atoms with Crippen LogP contribution in [0, 0.1) is 5.41 Å². The molecule has 0 bridgehead atoms. The Balaban J connectivity index is 1.95. The number of hydrogen-bond acceptors (Lipinski definition) is 3. The summed E-state index contributed by atoms with van der Waals surface area (Å²) in [5.41, 5.74) is 0.786. The van der Waals surface area contributed by atoms with Gasteiger partial charge in [0, 0.05) is 29.9 Å². The standard InChI is InChI=1S/C20H22ClN3O3/c1-13(25)23-16-8-10-17(11-9-16)24-19(27)20(2,3)18(26)22-12-14-4-6-15(21)7-5-14/h4-11H,12H2,1-3H3,(H,22,26)(H,23,25)(H,24,27). The van der Waals surface area contributed by atoms with Crippen molar-refractivity contribution >= 4 is 40.7 Å². The van der Waals surface area contributed by atoms with Gasteiger partial charge in [0.1, 0.15) is 5.41 Å². The summed E-state index contributed by atoms with van der Waals surface area (Å²) in [7, 11) is 0. The highest BCUT2D eigenvalue weighted by Gasteiger charge is 2.35. The Kier molecular flexibility index (Phi) is 6.58. The molecule has 0 heterocycles. The number of amides is 3. The molecule has 0 atom stereocenters. The van der Waals surface area contributed by atoms with Crippen molar-refractivity contribution in [1.29, 1.82) is 0 Å². The summed E-state index contributed by atoms with van der Waals surface area (Å²) < 4.78 is 0. The van der Waals surface area contributed by atoms with Crippen LogP contribution in [0.4, 0.5) is 11.4 Å². The van der Waals surface area contributed by atoms with Crippen molar-refractivity contribution < 1.29 is 14.4 Å². The fourth-order valence-corrected chi connectivity index (χ4v) is 2.36. The molecule has 0 spiro atoms. The third-order valence-electron chi connectivity index (χ3n) is 3.96. The number of carbonyl (C=O) groups is 3. The Morgan fingerprint density at radius 2 is 1.37 bits per heavy atom. The fourth-order valence-electron chi connectivity index (χ4n) is 2.24. The minimum atomic E-state index is -1.26. The summed E-state index contributed by atoms with van der Waals surface area (Å²) in [5, 5.41) is 8.75.